The molecule has 0 unspecified atom stereocenters. The van der Waals surface area contributed by atoms with Gasteiger partial charge < -0.3 is 14.0 Å². The number of halogens is 1. The molecule has 0 aliphatic heterocycles. The number of amides is 1. The van der Waals surface area contributed by atoms with Crippen LogP contribution in [0.1, 0.15) is 41.8 Å². The number of thiazole rings is 1. The fraction of sp³-hybridized carbons (Fsp3) is 0.346. The van der Waals surface area contributed by atoms with Gasteiger partial charge in [-0.1, -0.05) is 17.4 Å². The number of hydrogen-bond acceptors (Lipinski definition) is 6. The van der Waals surface area contributed by atoms with Crippen molar-refractivity contribution < 1.29 is 14.3 Å². The Hall–Kier alpha value is -3.10. The van der Waals surface area contributed by atoms with Crippen LogP contribution < -0.4 is 14.4 Å². The maximum absolute atomic E-state index is 13.8. The zero-order valence-corrected chi connectivity index (χ0v) is 22.1. The molecule has 0 saturated carbocycles. The monoisotopic (exact) mass is 514 g/mol. The van der Waals surface area contributed by atoms with E-state index in [1.54, 1.807) is 47.0 Å². The van der Waals surface area contributed by atoms with Gasteiger partial charge in [0.1, 0.15) is 0 Å². The van der Waals surface area contributed by atoms with Gasteiger partial charge in [0, 0.05) is 31.0 Å². The molecule has 0 aliphatic rings. The third-order valence-corrected chi connectivity index (χ3v) is 6.66. The quantitative estimate of drug-likeness (QED) is 0.257. The molecule has 1 amide bonds. The Morgan fingerprint density at radius 1 is 1.09 bits per heavy atom. The van der Waals surface area contributed by atoms with E-state index in [4.69, 9.17) is 14.5 Å². The number of rotatable bonds is 10. The lowest BCUT2D eigenvalue weighted by atomic mass is 10.1. The van der Waals surface area contributed by atoms with Crippen LogP contribution in [0.4, 0.5) is 5.13 Å². The van der Waals surface area contributed by atoms with Crippen molar-refractivity contribution >= 4 is 45.0 Å². The minimum atomic E-state index is -0.108. The van der Waals surface area contributed by atoms with E-state index in [2.05, 4.69) is 31.0 Å². The molecule has 35 heavy (non-hydrogen) atoms. The minimum Gasteiger partial charge on any atom is -0.490 e. The first-order valence-electron chi connectivity index (χ1n) is 11.5. The number of benzene rings is 2. The molecule has 0 saturated heterocycles. The zero-order valence-electron chi connectivity index (χ0n) is 20.5. The summed E-state index contributed by atoms with van der Waals surface area (Å²) < 4.78 is 14.5. The second kappa shape index (κ2) is 12.0. The van der Waals surface area contributed by atoms with Crippen molar-refractivity contribution in [2.75, 3.05) is 24.7 Å². The molecule has 0 aliphatic carbocycles. The van der Waals surface area contributed by atoms with Crippen molar-refractivity contribution in [2.45, 2.75) is 40.7 Å². The molecule has 0 spiro atoms. The lowest BCUT2D eigenvalue weighted by molar-refractivity contribution is 0.0985. The number of fused-ring (bicyclic) bond motifs is 1. The summed E-state index contributed by atoms with van der Waals surface area (Å²) >= 11 is 1.56. The van der Waals surface area contributed by atoms with Crippen LogP contribution in [-0.2, 0) is 6.54 Å². The number of ether oxygens (including phenoxy) is 2. The maximum Gasteiger partial charge on any atom is 0.260 e. The SMILES string of the molecule is CCOc1ccc(C(=O)N(CCCn2ccnc2)c2nc3cc(C)cc(C)c3s2)cc1OCC.Cl. The lowest BCUT2D eigenvalue weighted by Gasteiger charge is -2.21. The largest absolute Gasteiger partial charge is 0.490 e. The van der Waals surface area contributed by atoms with E-state index in [0.29, 0.717) is 42.0 Å². The van der Waals surface area contributed by atoms with E-state index in [-0.39, 0.29) is 18.3 Å². The van der Waals surface area contributed by atoms with E-state index < -0.39 is 0 Å². The van der Waals surface area contributed by atoms with Crippen molar-refractivity contribution in [3.8, 4) is 11.5 Å². The highest BCUT2D eigenvalue weighted by Gasteiger charge is 2.23. The third-order valence-electron chi connectivity index (χ3n) is 5.43. The second-order valence-corrected chi connectivity index (χ2v) is 9.04. The standard InChI is InChI=1S/C26H30N4O3S.ClH/c1-5-32-22-9-8-20(16-23(22)33-6-2)25(31)30(12-7-11-29-13-10-27-17-29)26-28-21-15-18(3)14-19(4)24(21)34-26;/h8-10,13-17H,5-7,11-12H2,1-4H3;1H. The van der Waals surface area contributed by atoms with Gasteiger partial charge in [0.25, 0.3) is 5.91 Å². The van der Waals surface area contributed by atoms with Crippen LogP contribution in [0.5, 0.6) is 11.5 Å². The van der Waals surface area contributed by atoms with Crippen LogP contribution in [0.25, 0.3) is 10.2 Å². The smallest absolute Gasteiger partial charge is 0.260 e. The first kappa shape index (κ1) is 26.5. The van der Waals surface area contributed by atoms with Gasteiger partial charge in [-0.15, -0.1) is 12.4 Å². The van der Waals surface area contributed by atoms with Gasteiger partial charge in [0.05, 0.1) is 29.8 Å². The van der Waals surface area contributed by atoms with Crippen molar-refractivity contribution in [3.63, 3.8) is 0 Å². The summed E-state index contributed by atoms with van der Waals surface area (Å²) in [6.07, 6.45) is 6.25. The molecule has 9 heteroatoms. The van der Waals surface area contributed by atoms with Crippen LogP contribution >= 0.6 is 23.7 Å². The molecule has 2 aromatic carbocycles. The van der Waals surface area contributed by atoms with Crippen LogP contribution in [0, 0.1) is 13.8 Å². The zero-order chi connectivity index (χ0) is 24.1. The summed E-state index contributed by atoms with van der Waals surface area (Å²) in [5, 5.41) is 0.700. The first-order chi connectivity index (χ1) is 16.5. The molecular weight excluding hydrogens is 484 g/mol. The van der Waals surface area contributed by atoms with Crippen LogP contribution in [0.15, 0.2) is 49.1 Å². The summed E-state index contributed by atoms with van der Waals surface area (Å²) in [5.41, 5.74) is 3.80. The highest BCUT2D eigenvalue weighted by Crippen LogP contribution is 2.34. The minimum absolute atomic E-state index is 0. The molecule has 7 nitrogen and oxygen atoms in total. The lowest BCUT2D eigenvalue weighted by Crippen LogP contribution is -2.32. The van der Waals surface area contributed by atoms with Gasteiger partial charge in [-0.2, -0.15) is 0 Å². The maximum atomic E-state index is 13.8. The van der Waals surface area contributed by atoms with Gasteiger partial charge in [-0.05, 0) is 69.5 Å². The Balaban J connectivity index is 0.00000342. The first-order valence-corrected chi connectivity index (χ1v) is 12.4. The Bertz CT molecular complexity index is 1270. The van der Waals surface area contributed by atoms with Crippen molar-refractivity contribution in [2.24, 2.45) is 0 Å². The number of anilines is 1. The molecule has 0 bridgehead atoms. The fourth-order valence-electron chi connectivity index (χ4n) is 3.93. The summed E-state index contributed by atoms with van der Waals surface area (Å²) in [5.74, 6) is 1.10. The Morgan fingerprint density at radius 2 is 1.86 bits per heavy atom. The molecule has 0 atom stereocenters. The molecule has 0 N–H and O–H groups in total. The van der Waals surface area contributed by atoms with Crippen molar-refractivity contribution in [1.82, 2.24) is 14.5 Å². The topological polar surface area (TPSA) is 69.5 Å². The van der Waals surface area contributed by atoms with E-state index in [1.807, 2.05) is 24.6 Å². The molecule has 4 rings (SSSR count). The van der Waals surface area contributed by atoms with Gasteiger partial charge in [0.15, 0.2) is 16.6 Å². The second-order valence-electron chi connectivity index (χ2n) is 8.06. The van der Waals surface area contributed by atoms with Gasteiger partial charge in [0.2, 0.25) is 0 Å². The summed E-state index contributed by atoms with van der Waals surface area (Å²) in [6, 6.07) is 9.58. The van der Waals surface area contributed by atoms with Gasteiger partial charge in [-0.3, -0.25) is 9.69 Å². The predicted molar refractivity (Wildman–Crippen MR) is 144 cm³/mol. The highest BCUT2D eigenvalue weighted by molar-refractivity contribution is 7.22. The molecule has 2 aromatic heterocycles. The van der Waals surface area contributed by atoms with Crippen LogP contribution in [-0.4, -0.2) is 40.2 Å². The number of aromatic nitrogens is 3. The predicted octanol–water partition coefficient (Wildman–Crippen LogP) is 6.07. The van der Waals surface area contributed by atoms with Crippen LogP contribution in [0.2, 0.25) is 0 Å². The number of hydrogen-bond donors (Lipinski definition) is 0. The number of aryl methyl sites for hydroxylation is 3. The third kappa shape index (κ3) is 6.13. The Labute approximate surface area is 216 Å². The fourth-order valence-corrected chi connectivity index (χ4v) is 4.97. The van der Waals surface area contributed by atoms with Gasteiger partial charge >= 0.3 is 0 Å². The van der Waals surface area contributed by atoms with E-state index >= 15 is 0 Å². The van der Waals surface area contributed by atoms with Gasteiger partial charge in [-0.25, -0.2) is 9.97 Å². The molecule has 0 radical (unpaired) electrons. The number of carbonyl (C=O) groups excluding carboxylic acids is 1. The van der Waals surface area contributed by atoms with Crippen molar-refractivity contribution in [3.05, 3.63) is 65.7 Å². The molecular formula is C26H31ClN4O3S. The average Bonchev–Trinajstić information content (AvgIpc) is 3.48. The Kier molecular flexibility index (Phi) is 9.12. The number of carbonyl (C=O) groups is 1. The molecule has 4 aromatic rings. The number of imidazole rings is 1. The van der Waals surface area contributed by atoms with Crippen molar-refractivity contribution in [1.29, 1.82) is 0 Å². The normalized spacial score (nSPS) is 10.7. The molecule has 0 fully saturated rings. The van der Waals surface area contributed by atoms with E-state index in [9.17, 15) is 4.79 Å². The van der Waals surface area contributed by atoms with E-state index in [1.165, 1.54) is 5.56 Å². The number of nitrogens with zero attached hydrogens (tertiary/aromatic N) is 4. The molecule has 2 heterocycles. The summed E-state index contributed by atoms with van der Waals surface area (Å²) in [4.78, 5) is 24.5. The Morgan fingerprint density at radius 3 is 2.57 bits per heavy atom. The summed E-state index contributed by atoms with van der Waals surface area (Å²) in [6.45, 7) is 10.3. The average molecular weight is 515 g/mol. The summed E-state index contributed by atoms with van der Waals surface area (Å²) in [7, 11) is 0. The van der Waals surface area contributed by atoms with Crippen LogP contribution in [0.3, 0.4) is 0 Å². The molecule has 186 valence electrons. The van der Waals surface area contributed by atoms with E-state index in [0.717, 1.165) is 28.7 Å². The highest BCUT2D eigenvalue weighted by atomic mass is 35.5.